The summed E-state index contributed by atoms with van der Waals surface area (Å²) in [6, 6.07) is 16.3. The third-order valence-corrected chi connectivity index (χ3v) is 9.98. The van der Waals surface area contributed by atoms with Gasteiger partial charge in [-0.1, -0.05) is 38.1 Å². The van der Waals surface area contributed by atoms with Crippen LogP contribution >= 0.6 is 0 Å². The van der Waals surface area contributed by atoms with Crippen molar-refractivity contribution in [3.8, 4) is 11.6 Å². The van der Waals surface area contributed by atoms with Crippen LogP contribution in [0, 0.1) is 0 Å². The molecule has 0 bridgehead atoms. The van der Waals surface area contributed by atoms with E-state index in [1.807, 2.05) is 67.6 Å². The first-order chi connectivity index (χ1) is 24.1. The number of piperidine rings is 1. The van der Waals surface area contributed by atoms with Crippen LogP contribution in [0.2, 0.25) is 0 Å². The van der Waals surface area contributed by atoms with Gasteiger partial charge < -0.3 is 19.9 Å². The Morgan fingerprint density at radius 2 is 1.76 bits per heavy atom. The third kappa shape index (κ3) is 6.91. The van der Waals surface area contributed by atoms with Crippen LogP contribution in [-0.2, 0) is 6.54 Å². The molecule has 264 valence electrons. The summed E-state index contributed by atoms with van der Waals surface area (Å²) in [5.74, 6) is 3.05. The number of aromatic nitrogens is 7. The number of carbonyl (C=O) groups excluding carboxylic acids is 1. The lowest BCUT2D eigenvalue weighted by Gasteiger charge is -2.39. The van der Waals surface area contributed by atoms with Crippen molar-refractivity contribution in [1.29, 1.82) is 0 Å². The smallest absolute Gasteiger partial charge is 0.320 e. The molecule has 2 aliphatic rings. The number of anilines is 2. The van der Waals surface area contributed by atoms with Crippen LogP contribution in [-0.4, -0.2) is 77.8 Å². The fourth-order valence-electron chi connectivity index (χ4n) is 7.25. The minimum absolute atomic E-state index is 0.157. The zero-order chi connectivity index (χ0) is 34.9. The highest BCUT2D eigenvalue weighted by Crippen LogP contribution is 2.39. The van der Waals surface area contributed by atoms with Gasteiger partial charge >= 0.3 is 6.03 Å². The van der Waals surface area contributed by atoms with Crippen LogP contribution in [0.3, 0.4) is 0 Å². The van der Waals surface area contributed by atoms with Crippen LogP contribution in [0.5, 0.6) is 5.75 Å². The number of hydrogen-bond acceptors (Lipinski definition) is 8. The molecule has 0 spiro atoms. The van der Waals surface area contributed by atoms with Gasteiger partial charge in [0, 0.05) is 37.0 Å². The van der Waals surface area contributed by atoms with Crippen molar-refractivity contribution in [1.82, 2.24) is 44.4 Å². The van der Waals surface area contributed by atoms with Gasteiger partial charge in [0.2, 0.25) is 5.95 Å². The fraction of sp³-hybridized carbons (Fsp3) is 0.486. The second-order valence-corrected chi connectivity index (χ2v) is 14.4. The molecule has 5 heterocycles. The van der Waals surface area contributed by atoms with Crippen molar-refractivity contribution in [2.45, 2.75) is 96.5 Å². The number of fused-ring (bicyclic) bond motifs is 2. The Labute approximate surface area is 293 Å². The lowest BCUT2D eigenvalue weighted by molar-refractivity contribution is 0.171. The first-order valence-corrected chi connectivity index (χ1v) is 17.9. The average molecular weight is 680 g/mol. The fourth-order valence-corrected chi connectivity index (χ4v) is 7.25. The Kier molecular flexibility index (Phi) is 9.50. The van der Waals surface area contributed by atoms with E-state index in [2.05, 4.69) is 74.9 Å². The SMILES string of the molecule is CC(C)c1cc(NC(=O)N[C@H]2CC[C@@H](Oc3ccc4nnc(N5[C@H](C)CCC[C@@H]5C)n4c3)c3ccccc32)n(-c2ccn(CCN(C)C)n2)n1. The quantitative estimate of drug-likeness (QED) is 0.175. The Morgan fingerprint density at radius 1 is 0.980 bits per heavy atom. The summed E-state index contributed by atoms with van der Waals surface area (Å²) in [7, 11) is 4.08. The number of pyridine rings is 1. The monoisotopic (exact) mass is 679 g/mol. The number of benzene rings is 1. The van der Waals surface area contributed by atoms with Crippen molar-refractivity contribution in [3.63, 3.8) is 0 Å². The number of rotatable bonds is 10. The molecule has 1 saturated heterocycles. The van der Waals surface area contributed by atoms with E-state index in [0.717, 1.165) is 72.9 Å². The lowest BCUT2D eigenvalue weighted by Crippen LogP contribution is -2.44. The Hall–Kier alpha value is -4.91. The van der Waals surface area contributed by atoms with Crippen LogP contribution in [0.15, 0.2) is 60.9 Å². The largest absolute Gasteiger partial charge is 0.484 e. The highest BCUT2D eigenvalue weighted by atomic mass is 16.5. The van der Waals surface area contributed by atoms with E-state index in [-0.39, 0.29) is 24.1 Å². The van der Waals surface area contributed by atoms with E-state index in [1.165, 1.54) is 6.42 Å². The van der Waals surface area contributed by atoms with Crippen molar-refractivity contribution in [2.75, 3.05) is 30.9 Å². The molecule has 1 aliphatic heterocycles. The Morgan fingerprint density at radius 3 is 2.52 bits per heavy atom. The van der Waals surface area contributed by atoms with Gasteiger partial charge in [0.15, 0.2) is 11.5 Å². The number of urea groups is 1. The molecule has 1 fully saturated rings. The molecule has 7 rings (SSSR count). The molecule has 2 N–H and O–H groups in total. The summed E-state index contributed by atoms with van der Waals surface area (Å²) in [6.07, 6.45) is 8.79. The first-order valence-electron chi connectivity index (χ1n) is 17.9. The molecule has 5 aromatic rings. The van der Waals surface area contributed by atoms with Gasteiger partial charge in [0.25, 0.3) is 0 Å². The zero-order valence-corrected chi connectivity index (χ0v) is 30.0. The van der Waals surface area contributed by atoms with Gasteiger partial charge in [-0.15, -0.1) is 10.2 Å². The number of amides is 2. The third-order valence-electron chi connectivity index (χ3n) is 9.98. The minimum Gasteiger partial charge on any atom is -0.484 e. The molecule has 1 aliphatic carbocycles. The summed E-state index contributed by atoms with van der Waals surface area (Å²) in [4.78, 5) is 18.1. The van der Waals surface area contributed by atoms with E-state index in [1.54, 1.807) is 4.68 Å². The van der Waals surface area contributed by atoms with E-state index in [4.69, 9.17) is 14.9 Å². The van der Waals surface area contributed by atoms with Crippen LogP contribution in [0.4, 0.5) is 16.6 Å². The number of likely N-dealkylation sites (N-methyl/N-ethyl adjacent to an activating group) is 1. The summed E-state index contributed by atoms with van der Waals surface area (Å²) in [5.41, 5.74) is 3.80. The molecule has 0 saturated carbocycles. The summed E-state index contributed by atoms with van der Waals surface area (Å²) < 4.78 is 12.3. The number of nitrogens with one attached hydrogen (secondary N) is 2. The van der Waals surface area contributed by atoms with Crippen molar-refractivity contribution in [3.05, 3.63) is 77.7 Å². The summed E-state index contributed by atoms with van der Waals surface area (Å²) in [6.45, 7) is 10.3. The Bertz CT molecular complexity index is 1930. The maximum Gasteiger partial charge on any atom is 0.320 e. The van der Waals surface area contributed by atoms with Gasteiger partial charge in [0.05, 0.1) is 24.5 Å². The molecule has 13 nitrogen and oxygen atoms in total. The second kappa shape index (κ2) is 14.1. The molecule has 0 unspecified atom stereocenters. The minimum atomic E-state index is -0.292. The maximum absolute atomic E-state index is 13.6. The van der Waals surface area contributed by atoms with E-state index in [0.29, 0.717) is 23.7 Å². The lowest BCUT2D eigenvalue weighted by atomic mass is 9.85. The van der Waals surface area contributed by atoms with Crippen LogP contribution in [0.1, 0.15) is 94.7 Å². The highest BCUT2D eigenvalue weighted by molar-refractivity contribution is 5.89. The molecular formula is C37H49N11O2. The van der Waals surface area contributed by atoms with Gasteiger partial charge in [-0.3, -0.25) is 14.4 Å². The number of hydrogen-bond donors (Lipinski definition) is 2. The Balaban J connectivity index is 1.07. The highest BCUT2D eigenvalue weighted by Gasteiger charge is 2.31. The van der Waals surface area contributed by atoms with E-state index in [9.17, 15) is 4.79 Å². The topological polar surface area (TPSA) is 123 Å². The first kappa shape index (κ1) is 33.6. The molecule has 13 heteroatoms. The van der Waals surface area contributed by atoms with Gasteiger partial charge in [0.1, 0.15) is 17.7 Å². The van der Waals surface area contributed by atoms with Gasteiger partial charge in [-0.25, -0.2) is 4.79 Å². The van der Waals surface area contributed by atoms with Gasteiger partial charge in [-0.05, 0) is 89.2 Å². The molecule has 1 aromatic carbocycles. The summed E-state index contributed by atoms with van der Waals surface area (Å²) in [5, 5.41) is 24.9. The van der Waals surface area contributed by atoms with Crippen molar-refractivity contribution >= 4 is 23.4 Å². The van der Waals surface area contributed by atoms with Crippen molar-refractivity contribution < 1.29 is 9.53 Å². The molecular weight excluding hydrogens is 630 g/mol. The second-order valence-electron chi connectivity index (χ2n) is 14.4. The molecule has 2 amide bonds. The zero-order valence-electron chi connectivity index (χ0n) is 30.0. The van der Waals surface area contributed by atoms with Crippen LogP contribution < -0.4 is 20.3 Å². The van der Waals surface area contributed by atoms with E-state index >= 15 is 0 Å². The van der Waals surface area contributed by atoms with Crippen molar-refractivity contribution in [2.24, 2.45) is 0 Å². The summed E-state index contributed by atoms with van der Waals surface area (Å²) >= 11 is 0. The van der Waals surface area contributed by atoms with E-state index < -0.39 is 0 Å². The molecule has 4 atom stereocenters. The number of carbonyl (C=O) groups is 1. The predicted molar refractivity (Wildman–Crippen MR) is 194 cm³/mol. The maximum atomic E-state index is 13.6. The normalized spacial score (nSPS) is 20.8. The predicted octanol–water partition coefficient (Wildman–Crippen LogP) is 6.34. The van der Waals surface area contributed by atoms with Gasteiger partial charge in [-0.2, -0.15) is 14.9 Å². The molecule has 4 aromatic heterocycles. The number of ether oxygens (including phenoxy) is 1. The number of nitrogens with zero attached hydrogens (tertiary/aromatic N) is 9. The molecule has 50 heavy (non-hydrogen) atoms. The van der Waals surface area contributed by atoms with Crippen LogP contribution in [0.25, 0.3) is 11.5 Å². The molecule has 0 radical (unpaired) electrons. The standard InChI is InChI=1S/C37H49N11O2/c1-24(2)31-22-35(48(42-31)34-18-19-45(43-34)21-20-44(5)6)39-36(49)38-30-15-16-32(29-13-8-7-12-28(29)30)50-27-14-17-33-40-41-37(46(33)23-27)47-25(3)10-9-11-26(47)4/h7-8,12-14,17-19,22-26,30,32H,9-11,15-16,20-21H2,1-6H3,(H2,38,39,49)/t25-,26+,30-,32+/m0/s1. The average Bonchev–Trinajstić information content (AvgIpc) is 3.84.